The second kappa shape index (κ2) is 6.41. The number of carbonyl (C=O) groups excluding carboxylic acids is 1. The summed E-state index contributed by atoms with van der Waals surface area (Å²) in [5, 5.41) is 5.95. The molecule has 0 saturated carbocycles. The molecule has 0 aliphatic heterocycles. The smallest absolute Gasteiger partial charge is 0.246 e. The van der Waals surface area contributed by atoms with E-state index in [9.17, 15) is 9.18 Å². The lowest BCUT2D eigenvalue weighted by Crippen LogP contribution is -2.31. The van der Waals surface area contributed by atoms with Gasteiger partial charge in [0.05, 0.1) is 0 Å². The molecule has 120 valence electrons. The van der Waals surface area contributed by atoms with Crippen LogP contribution < -0.4 is 10.6 Å². The molecule has 0 radical (unpaired) electrons. The number of carbonyl (C=O) groups is 1. The molecule has 1 amide bonds. The highest BCUT2D eigenvalue weighted by Gasteiger charge is 2.15. The zero-order chi connectivity index (χ0) is 16.4. The number of anilines is 2. The number of rotatable bonds is 4. The Balaban J connectivity index is 1.64. The average molecular weight is 312 g/mol. The number of fused-ring (bicyclic) bond motifs is 1. The van der Waals surface area contributed by atoms with Gasteiger partial charge in [-0.05, 0) is 74.1 Å². The minimum Gasteiger partial charge on any atom is -0.374 e. The number of aryl methyl sites for hydroxylation is 3. The quantitative estimate of drug-likeness (QED) is 0.894. The number of nitrogens with one attached hydrogen (secondary N) is 2. The van der Waals surface area contributed by atoms with Gasteiger partial charge >= 0.3 is 0 Å². The second-order valence-electron chi connectivity index (χ2n) is 6.16. The first-order valence-corrected chi connectivity index (χ1v) is 7.98. The van der Waals surface area contributed by atoms with Gasteiger partial charge in [-0.3, -0.25) is 4.79 Å². The van der Waals surface area contributed by atoms with Crippen molar-refractivity contribution in [1.82, 2.24) is 0 Å². The van der Waals surface area contributed by atoms with Crippen LogP contribution in [0.5, 0.6) is 0 Å². The van der Waals surface area contributed by atoms with E-state index in [1.165, 1.54) is 23.6 Å². The minimum atomic E-state index is -0.404. The van der Waals surface area contributed by atoms with E-state index in [-0.39, 0.29) is 11.7 Å². The summed E-state index contributed by atoms with van der Waals surface area (Å²) in [5.74, 6) is -0.504. The topological polar surface area (TPSA) is 41.1 Å². The van der Waals surface area contributed by atoms with Gasteiger partial charge in [-0.2, -0.15) is 0 Å². The Bertz CT molecular complexity index is 742. The van der Waals surface area contributed by atoms with Crippen molar-refractivity contribution in [1.29, 1.82) is 0 Å². The monoisotopic (exact) mass is 312 g/mol. The number of amides is 1. The first-order valence-electron chi connectivity index (χ1n) is 7.98. The lowest BCUT2D eigenvalue weighted by molar-refractivity contribution is -0.116. The summed E-state index contributed by atoms with van der Waals surface area (Å²) in [6.45, 7) is 3.49. The zero-order valence-electron chi connectivity index (χ0n) is 13.4. The normalized spacial score (nSPS) is 14.2. The Morgan fingerprint density at radius 2 is 1.83 bits per heavy atom. The summed E-state index contributed by atoms with van der Waals surface area (Å²) in [5.41, 5.74) is 4.75. The molecule has 0 spiro atoms. The molecule has 1 aliphatic rings. The van der Waals surface area contributed by atoms with Gasteiger partial charge in [-0.15, -0.1) is 0 Å². The molecule has 1 unspecified atom stereocenters. The van der Waals surface area contributed by atoms with Gasteiger partial charge in [0.2, 0.25) is 5.91 Å². The molecule has 1 atom stereocenters. The van der Waals surface area contributed by atoms with Crippen molar-refractivity contribution >= 4 is 17.3 Å². The number of hydrogen-bond acceptors (Lipinski definition) is 2. The van der Waals surface area contributed by atoms with E-state index in [0.29, 0.717) is 11.3 Å². The van der Waals surface area contributed by atoms with E-state index in [4.69, 9.17) is 0 Å². The highest BCUT2D eigenvalue weighted by molar-refractivity contribution is 5.96. The van der Waals surface area contributed by atoms with Crippen LogP contribution in [-0.2, 0) is 17.6 Å². The van der Waals surface area contributed by atoms with E-state index in [1.807, 2.05) is 6.07 Å². The average Bonchev–Trinajstić information content (AvgIpc) is 2.98. The predicted molar refractivity (Wildman–Crippen MR) is 91.3 cm³/mol. The lowest BCUT2D eigenvalue weighted by atomic mass is 10.1. The summed E-state index contributed by atoms with van der Waals surface area (Å²) in [4.78, 5) is 12.3. The zero-order valence-corrected chi connectivity index (χ0v) is 13.4. The fourth-order valence-electron chi connectivity index (χ4n) is 2.90. The molecule has 23 heavy (non-hydrogen) atoms. The van der Waals surface area contributed by atoms with Crippen LogP contribution >= 0.6 is 0 Å². The van der Waals surface area contributed by atoms with Crippen molar-refractivity contribution in [3.05, 3.63) is 58.9 Å². The first-order chi connectivity index (χ1) is 11.0. The Morgan fingerprint density at radius 1 is 1.09 bits per heavy atom. The van der Waals surface area contributed by atoms with Crippen molar-refractivity contribution in [2.24, 2.45) is 0 Å². The number of halogens is 1. The van der Waals surface area contributed by atoms with Gasteiger partial charge in [-0.25, -0.2) is 4.39 Å². The molecule has 2 aromatic carbocycles. The molecule has 2 N–H and O–H groups in total. The summed E-state index contributed by atoms with van der Waals surface area (Å²) in [6, 6.07) is 10.6. The van der Waals surface area contributed by atoms with Crippen molar-refractivity contribution in [3.63, 3.8) is 0 Å². The van der Waals surface area contributed by atoms with Crippen LogP contribution in [0.3, 0.4) is 0 Å². The highest BCUT2D eigenvalue weighted by Crippen LogP contribution is 2.25. The standard InChI is InChI=1S/C19H21FN2O/c1-12-6-8-17(11-18(12)20)22-19(23)13(2)21-16-9-7-14-4-3-5-15(14)10-16/h6-11,13,21H,3-5H2,1-2H3,(H,22,23). The molecule has 4 heteroatoms. The van der Waals surface area contributed by atoms with E-state index in [2.05, 4.69) is 22.8 Å². The van der Waals surface area contributed by atoms with Crippen LogP contribution in [0.1, 0.15) is 30.0 Å². The first kappa shape index (κ1) is 15.5. The number of benzene rings is 2. The Kier molecular flexibility index (Phi) is 4.33. The predicted octanol–water partition coefficient (Wildman–Crippen LogP) is 4.06. The van der Waals surface area contributed by atoms with Crippen molar-refractivity contribution in [3.8, 4) is 0 Å². The summed E-state index contributed by atoms with van der Waals surface area (Å²) in [6.07, 6.45) is 3.45. The van der Waals surface area contributed by atoms with E-state index >= 15 is 0 Å². The lowest BCUT2D eigenvalue weighted by Gasteiger charge is -2.16. The minimum absolute atomic E-state index is 0.186. The van der Waals surface area contributed by atoms with Gasteiger partial charge in [0.15, 0.2) is 0 Å². The largest absolute Gasteiger partial charge is 0.374 e. The fraction of sp³-hybridized carbons (Fsp3) is 0.316. The summed E-state index contributed by atoms with van der Waals surface area (Å²) >= 11 is 0. The SMILES string of the molecule is Cc1ccc(NC(=O)C(C)Nc2ccc3c(c2)CCC3)cc1F. The maximum atomic E-state index is 13.5. The van der Waals surface area contributed by atoms with Crippen molar-refractivity contribution in [2.45, 2.75) is 39.2 Å². The molecule has 2 aromatic rings. The van der Waals surface area contributed by atoms with Crippen LogP contribution in [-0.4, -0.2) is 11.9 Å². The molecule has 1 aliphatic carbocycles. The Hall–Kier alpha value is -2.36. The van der Waals surface area contributed by atoms with Gasteiger partial charge in [0.25, 0.3) is 0 Å². The van der Waals surface area contributed by atoms with Crippen LogP contribution in [0, 0.1) is 12.7 Å². The molecule has 3 nitrogen and oxygen atoms in total. The third-order valence-corrected chi connectivity index (χ3v) is 4.31. The maximum Gasteiger partial charge on any atom is 0.246 e. The Morgan fingerprint density at radius 3 is 2.61 bits per heavy atom. The third kappa shape index (κ3) is 3.52. The fourth-order valence-corrected chi connectivity index (χ4v) is 2.90. The van der Waals surface area contributed by atoms with Gasteiger partial charge in [-0.1, -0.05) is 12.1 Å². The van der Waals surface area contributed by atoms with E-state index < -0.39 is 6.04 Å². The van der Waals surface area contributed by atoms with Gasteiger partial charge in [0, 0.05) is 11.4 Å². The van der Waals surface area contributed by atoms with E-state index in [0.717, 1.165) is 18.5 Å². The molecule has 3 rings (SSSR count). The van der Waals surface area contributed by atoms with Crippen molar-refractivity contribution < 1.29 is 9.18 Å². The molecule has 0 aromatic heterocycles. The van der Waals surface area contributed by atoms with Crippen LogP contribution in [0.15, 0.2) is 36.4 Å². The molecule has 0 fully saturated rings. The molecular weight excluding hydrogens is 291 g/mol. The Labute approximate surface area is 135 Å². The van der Waals surface area contributed by atoms with Crippen LogP contribution in [0.25, 0.3) is 0 Å². The van der Waals surface area contributed by atoms with Crippen LogP contribution in [0.4, 0.5) is 15.8 Å². The van der Waals surface area contributed by atoms with Crippen LogP contribution in [0.2, 0.25) is 0 Å². The van der Waals surface area contributed by atoms with Crippen molar-refractivity contribution in [2.75, 3.05) is 10.6 Å². The summed E-state index contributed by atoms with van der Waals surface area (Å²) < 4.78 is 13.5. The second-order valence-corrected chi connectivity index (χ2v) is 6.16. The van der Waals surface area contributed by atoms with Gasteiger partial charge < -0.3 is 10.6 Å². The number of hydrogen-bond donors (Lipinski definition) is 2. The summed E-state index contributed by atoms with van der Waals surface area (Å²) in [7, 11) is 0. The molecule has 0 bridgehead atoms. The van der Waals surface area contributed by atoms with Gasteiger partial charge in [0.1, 0.15) is 11.9 Å². The molecule has 0 saturated heterocycles. The van der Waals surface area contributed by atoms with E-state index in [1.54, 1.807) is 26.0 Å². The third-order valence-electron chi connectivity index (χ3n) is 4.31. The maximum absolute atomic E-state index is 13.5. The molecular formula is C19H21FN2O. The molecule has 0 heterocycles. The highest BCUT2D eigenvalue weighted by atomic mass is 19.1.